The molecule has 5 amide bonds. The molecule has 2 aromatic carbocycles. The molecule has 3 saturated heterocycles. The Hall–Kier alpha value is -7.58. The maximum Gasteiger partial charge on any atom is 0.329 e. The van der Waals surface area contributed by atoms with E-state index in [1.807, 2.05) is 25.1 Å². The van der Waals surface area contributed by atoms with E-state index < -0.39 is 29.1 Å². The molecule has 20 nitrogen and oxygen atoms in total. The third-order valence-corrected chi connectivity index (χ3v) is 13.5. The third kappa shape index (κ3) is 11.7. The maximum atomic E-state index is 14.9. The second-order valence-electron chi connectivity index (χ2n) is 18.3. The van der Waals surface area contributed by atoms with Crippen molar-refractivity contribution < 1.29 is 42.2 Å². The smallest absolute Gasteiger partial charge is 0.329 e. The average Bonchev–Trinajstić information content (AvgIpc) is 3.95. The van der Waals surface area contributed by atoms with Crippen molar-refractivity contribution in [2.24, 2.45) is 7.05 Å². The molecule has 4 aromatic heterocycles. The van der Waals surface area contributed by atoms with Gasteiger partial charge in [-0.3, -0.25) is 39.1 Å². The molecule has 0 spiro atoms. The van der Waals surface area contributed by atoms with E-state index in [1.54, 1.807) is 46.8 Å². The average molecular weight is 1000 g/mol. The summed E-state index contributed by atoms with van der Waals surface area (Å²) in [6.07, 6.45) is 6.45. The highest BCUT2D eigenvalue weighted by Gasteiger charge is 2.39. The monoisotopic (exact) mass is 1000 g/mol. The van der Waals surface area contributed by atoms with Crippen LogP contribution in [0.15, 0.2) is 73.2 Å². The van der Waals surface area contributed by atoms with Gasteiger partial charge in [-0.1, -0.05) is 0 Å². The number of fused-ring (bicyclic) bond motifs is 2. The quantitative estimate of drug-likeness (QED) is 0.0937. The highest BCUT2D eigenvalue weighted by atomic mass is 19.1. The van der Waals surface area contributed by atoms with Gasteiger partial charge in [0.05, 0.1) is 79.5 Å². The first-order valence-electron chi connectivity index (χ1n) is 24.4. The van der Waals surface area contributed by atoms with Crippen molar-refractivity contribution in [3.05, 3.63) is 95.9 Å². The van der Waals surface area contributed by atoms with E-state index in [4.69, 9.17) is 19.2 Å². The Kier molecular flexibility index (Phi) is 15.5. The lowest BCUT2D eigenvalue weighted by molar-refractivity contribution is -0.120. The van der Waals surface area contributed by atoms with Crippen LogP contribution in [0.2, 0.25) is 0 Å². The van der Waals surface area contributed by atoms with Crippen LogP contribution in [0.1, 0.15) is 48.5 Å². The standard InChI is InChI=1S/C51H57F2N13O7/c1-3-73-38-28-40(47-35(29-54)31-56-66(47)32-38)34-4-9-44(55-30-34)64-15-12-51(13-16-64,59-49(69)41-26-36(52)5-8-42(41)53)33-63-19-17-62(18-20-63)21-23-72-25-24-71-22-11-46(68)57-37-6-7-39-43(27-37)61(2)60-48(39)65-14-10-45(67)58-50(65)70/h4-9,26-28,30-32H,3,10-25,33H2,1-2H3,(H,57,68)(H,59,69)(H,58,67,70). The number of pyridine rings is 2. The predicted octanol–water partition coefficient (Wildman–Crippen LogP) is 4.73. The number of imide groups is 1. The van der Waals surface area contributed by atoms with Crippen molar-refractivity contribution in [2.45, 2.75) is 38.1 Å². The molecule has 0 aliphatic carbocycles. The molecule has 0 radical (unpaired) electrons. The number of nitriles is 1. The van der Waals surface area contributed by atoms with Gasteiger partial charge in [0, 0.05) is 101 Å². The van der Waals surface area contributed by atoms with E-state index in [2.05, 4.69) is 46.9 Å². The Bertz CT molecular complexity index is 3030. The number of hydrogen-bond donors (Lipinski definition) is 3. The van der Waals surface area contributed by atoms with Crippen molar-refractivity contribution in [3.8, 4) is 22.9 Å². The molecule has 7 heterocycles. The number of anilines is 3. The van der Waals surface area contributed by atoms with Crippen LogP contribution in [0, 0.1) is 23.0 Å². The lowest BCUT2D eigenvalue weighted by Gasteiger charge is -2.46. The van der Waals surface area contributed by atoms with E-state index >= 15 is 0 Å². The van der Waals surface area contributed by atoms with Gasteiger partial charge in [-0.15, -0.1) is 0 Å². The fourth-order valence-corrected chi connectivity index (χ4v) is 9.63. The van der Waals surface area contributed by atoms with Crippen molar-refractivity contribution in [1.29, 1.82) is 5.26 Å². The molecule has 0 unspecified atom stereocenters. The largest absolute Gasteiger partial charge is 0.492 e. The molecule has 22 heteroatoms. The number of piperazine rings is 1. The van der Waals surface area contributed by atoms with E-state index in [0.29, 0.717) is 98.1 Å². The summed E-state index contributed by atoms with van der Waals surface area (Å²) < 4.78 is 49.7. The Morgan fingerprint density at radius 1 is 0.904 bits per heavy atom. The first-order valence-corrected chi connectivity index (χ1v) is 24.4. The van der Waals surface area contributed by atoms with Crippen LogP contribution >= 0.6 is 0 Å². The van der Waals surface area contributed by atoms with Crippen LogP contribution in [0.25, 0.3) is 27.5 Å². The first-order chi connectivity index (χ1) is 35.4. The summed E-state index contributed by atoms with van der Waals surface area (Å²) in [6.45, 7) is 9.40. The number of piperidine rings is 1. The molecule has 3 aliphatic rings. The van der Waals surface area contributed by atoms with Gasteiger partial charge in [-0.25, -0.2) is 23.1 Å². The Morgan fingerprint density at radius 2 is 1.68 bits per heavy atom. The van der Waals surface area contributed by atoms with Crippen molar-refractivity contribution in [1.82, 2.24) is 44.8 Å². The molecule has 6 aromatic rings. The summed E-state index contributed by atoms with van der Waals surface area (Å²) in [6, 6.07) is 15.7. The number of hydrogen-bond acceptors (Lipinski definition) is 14. The lowest BCUT2D eigenvalue weighted by atomic mass is 9.86. The number of rotatable bonds is 19. The molecule has 0 atom stereocenters. The summed E-state index contributed by atoms with van der Waals surface area (Å²) in [4.78, 5) is 63.4. The van der Waals surface area contributed by atoms with Gasteiger partial charge in [-0.2, -0.15) is 15.5 Å². The van der Waals surface area contributed by atoms with E-state index in [-0.39, 0.29) is 43.4 Å². The predicted molar refractivity (Wildman–Crippen MR) is 266 cm³/mol. The van der Waals surface area contributed by atoms with Crippen LogP contribution in [0.4, 0.5) is 30.9 Å². The number of carbonyl (C=O) groups is 4. The molecular weight excluding hydrogens is 945 g/mol. The fraction of sp³-hybridized carbons (Fsp3) is 0.412. The zero-order valence-electron chi connectivity index (χ0n) is 40.7. The summed E-state index contributed by atoms with van der Waals surface area (Å²) >= 11 is 0. The van der Waals surface area contributed by atoms with E-state index in [1.165, 1.54) is 11.1 Å². The highest BCUT2D eigenvalue weighted by Crippen LogP contribution is 2.34. The van der Waals surface area contributed by atoms with Crippen LogP contribution in [0.5, 0.6) is 5.75 Å². The van der Waals surface area contributed by atoms with Crippen LogP contribution in [0.3, 0.4) is 0 Å². The fourth-order valence-electron chi connectivity index (χ4n) is 9.63. The minimum Gasteiger partial charge on any atom is -0.492 e. The number of halogens is 2. The van der Waals surface area contributed by atoms with Gasteiger partial charge < -0.3 is 29.7 Å². The van der Waals surface area contributed by atoms with Gasteiger partial charge in [-0.05, 0) is 74.4 Å². The van der Waals surface area contributed by atoms with E-state index in [0.717, 1.165) is 67.9 Å². The minimum absolute atomic E-state index is 0.144. The first kappa shape index (κ1) is 50.4. The number of amides is 5. The van der Waals surface area contributed by atoms with Crippen molar-refractivity contribution >= 4 is 57.5 Å². The molecular formula is C51H57F2N13O7. The van der Waals surface area contributed by atoms with E-state index in [9.17, 15) is 33.2 Å². The normalized spacial score (nSPS) is 16.4. The Morgan fingerprint density at radius 3 is 2.42 bits per heavy atom. The maximum absolute atomic E-state index is 14.9. The van der Waals surface area contributed by atoms with Gasteiger partial charge in [0.15, 0.2) is 5.82 Å². The highest BCUT2D eigenvalue weighted by molar-refractivity contribution is 6.09. The number of benzene rings is 2. The van der Waals surface area contributed by atoms with Crippen molar-refractivity contribution in [2.75, 3.05) is 107 Å². The minimum atomic E-state index is -0.788. The molecule has 3 N–H and O–H groups in total. The molecule has 9 rings (SSSR count). The van der Waals surface area contributed by atoms with Crippen LogP contribution < -0.4 is 30.5 Å². The molecule has 3 aliphatic heterocycles. The SMILES string of the molecule is CCOc1cc(-c2ccc(N3CCC(CN4CCN(CCOCCOCCC(=O)Nc5ccc6c(N7CCC(=O)NC7=O)nn(C)c6c5)CC4)(NC(=O)c4cc(F)ccc4F)CC3)nc2)c2c(C#N)cnn2c1. The number of carbonyl (C=O) groups excluding carboxylic acids is 4. The van der Waals surface area contributed by atoms with Gasteiger partial charge in [0.1, 0.15) is 29.3 Å². The molecule has 3 fully saturated rings. The number of ether oxygens (including phenoxy) is 3. The van der Waals surface area contributed by atoms with Gasteiger partial charge >= 0.3 is 6.03 Å². The van der Waals surface area contributed by atoms with Crippen LogP contribution in [-0.2, 0) is 26.1 Å². The summed E-state index contributed by atoms with van der Waals surface area (Å²) in [5.41, 5.74) is 2.89. The second-order valence-corrected chi connectivity index (χ2v) is 18.3. The Balaban J connectivity index is 0.720. The summed E-state index contributed by atoms with van der Waals surface area (Å²) in [7, 11) is 1.75. The second kappa shape index (κ2) is 22.5. The van der Waals surface area contributed by atoms with Gasteiger partial charge in [0.2, 0.25) is 11.8 Å². The third-order valence-electron chi connectivity index (χ3n) is 13.5. The summed E-state index contributed by atoms with van der Waals surface area (Å²) in [5.74, 6) is -0.873. The number of urea groups is 1. The molecule has 0 saturated carbocycles. The number of nitrogens with zero attached hydrogens (tertiary/aromatic N) is 10. The van der Waals surface area contributed by atoms with Crippen molar-refractivity contribution in [3.63, 3.8) is 0 Å². The van der Waals surface area contributed by atoms with Gasteiger partial charge in [0.25, 0.3) is 5.91 Å². The number of aryl methyl sites for hydroxylation is 1. The zero-order chi connectivity index (χ0) is 51.1. The topological polar surface area (TPSA) is 217 Å². The summed E-state index contributed by atoms with van der Waals surface area (Å²) in [5, 5.41) is 27.7. The van der Waals surface area contributed by atoms with Crippen LogP contribution in [-0.4, -0.2) is 155 Å². The lowest BCUT2D eigenvalue weighted by Crippen LogP contribution is -2.62. The Labute approximate surface area is 419 Å². The molecule has 0 bridgehead atoms. The number of aromatic nitrogens is 5. The zero-order valence-corrected chi connectivity index (χ0v) is 40.7. The molecule has 382 valence electrons. The molecule has 73 heavy (non-hydrogen) atoms. The number of nitrogens with one attached hydrogen (secondary N) is 3.